The number of alkyl carbamates (subject to hydrolysis) is 1. The van der Waals surface area contributed by atoms with E-state index in [1.54, 1.807) is 20.8 Å². The lowest BCUT2D eigenvalue weighted by atomic mass is 10.1. The number of benzene rings is 1. The summed E-state index contributed by atoms with van der Waals surface area (Å²) in [6.07, 6.45) is 0.665. The number of aliphatic hydroxyl groups is 1. The molecule has 0 aromatic heterocycles. The first-order valence-corrected chi connectivity index (χ1v) is 10.5. The number of nitrogens with one attached hydrogen (secondary N) is 1. The van der Waals surface area contributed by atoms with Gasteiger partial charge in [-0.25, -0.2) is 4.79 Å². The zero-order valence-corrected chi connectivity index (χ0v) is 19.0. The number of rotatable bonds is 6. The Kier molecular flexibility index (Phi) is 7.88. The van der Waals surface area contributed by atoms with Crippen molar-refractivity contribution in [2.75, 3.05) is 6.61 Å². The molecule has 0 bridgehead atoms. The molecule has 168 valence electrons. The average molecular weight is 421 g/mol. The quantitative estimate of drug-likeness (QED) is 0.687. The third kappa shape index (κ3) is 7.29. The summed E-state index contributed by atoms with van der Waals surface area (Å²) >= 11 is 0. The third-order valence-corrected chi connectivity index (χ3v) is 4.81. The average Bonchev–Trinajstić information content (AvgIpc) is 3.01. The molecule has 0 unspecified atom stereocenters. The fourth-order valence-corrected chi connectivity index (χ4v) is 3.69. The molecule has 0 spiro atoms. The standard InChI is InChI=1S/C23H36N2O5/c1-22(2,3)29-20(27)19-13-12-18(25(19)14-16-10-8-7-9-11-16)17(15-26)24-21(28)30-23(4,5)6/h7-11,17-19,26H,12-15H2,1-6H3,(H,24,28)/t17-,18+,19+/m1/s1. The highest BCUT2D eigenvalue weighted by molar-refractivity contribution is 5.76. The summed E-state index contributed by atoms with van der Waals surface area (Å²) in [5.74, 6) is -0.283. The molecular weight excluding hydrogens is 384 g/mol. The Labute approximate surface area is 179 Å². The molecule has 1 amide bonds. The molecule has 1 aliphatic rings. The topological polar surface area (TPSA) is 88.1 Å². The lowest BCUT2D eigenvalue weighted by Crippen LogP contribution is -2.54. The van der Waals surface area contributed by atoms with Crippen LogP contribution >= 0.6 is 0 Å². The monoisotopic (exact) mass is 420 g/mol. The SMILES string of the molecule is CC(C)(C)OC(=O)N[C@H](CO)[C@@H]1CC[C@@H](C(=O)OC(C)(C)C)N1Cc1ccccc1. The van der Waals surface area contributed by atoms with Crippen LogP contribution < -0.4 is 5.32 Å². The van der Waals surface area contributed by atoms with Crippen LogP contribution in [-0.4, -0.2) is 58.0 Å². The number of hydrogen-bond donors (Lipinski definition) is 2. The van der Waals surface area contributed by atoms with Gasteiger partial charge >= 0.3 is 12.1 Å². The van der Waals surface area contributed by atoms with Gasteiger partial charge in [-0.2, -0.15) is 0 Å². The van der Waals surface area contributed by atoms with Crippen molar-refractivity contribution in [3.05, 3.63) is 35.9 Å². The van der Waals surface area contributed by atoms with Gasteiger partial charge in [-0.1, -0.05) is 30.3 Å². The van der Waals surface area contributed by atoms with E-state index < -0.39 is 29.4 Å². The zero-order chi connectivity index (χ0) is 22.5. The largest absolute Gasteiger partial charge is 0.459 e. The molecule has 7 heteroatoms. The molecule has 1 aliphatic heterocycles. The van der Waals surface area contributed by atoms with Crippen molar-refractivity contribution < 1.29 is 24.2 Å². The van der Waals surface area contributed by atoms with Gasteiger partial charge in [0.15, 0.2) is 0 Å². The van der Waals surface area contributed by atoms with Crippen LogP contribution in [-0.2, 0) is 20.8 Å². The van der Waals surface area contributed by atoms with E-state index in [4.69, 9.17) is 9.47 Å². The van der Waals surface area contributed by atoms with Crippen molar-refractivity contribution in [2.24, 2.45) is 0 Å². The Morgan fingerprint density at radius 1 is 1.07 bits per heavy atom. The highest BCUT2D eigenvalue weighted by atomic mass is 16.6. The molecule has 0 saturated carbocycles. The number of likely N-dealkylation sites (tertiary alicyclic amines) is 1. The van der Waals surface area contributed by atoms with Crippen molar-refractivity contribution in [2.45, 2.75) is 90.3 Å². The fourth-order valence-electron chi connectivity index (χ4n) is 3.69. The summed E-state index contributed by atoms with van der Waals surface area (Å²) in [4.78, 5) is 27.2. The maximum Gasteiger partial charge on any atom is 0.408 e. The molecule has 1 aromatic rings. The molecule has 2 rings (SSSR count). The van der Waals surface area contributed by atoms with Crippen molar-refractivity contribution >= 4 is 12.1 Å². The summed E-state index contributed by atoms with van der Waals surface area (Å²) in [5.41, 5.74) is -0.173. The molecule has 1 fully saturated rings. The van der Waals surface area contributed by atoms with Gasteiger partial charge in [0, 0.05) is 12.6 Å². The molecule has 1 heterocycles. The predicted molar refractivity (Wildman–Crippen MR) is 115 cm³/mol. The second-order valence-electron chi connectivity index (χ2n) is 9.79. The number of amides is 1. The maximum atomic E-state index is 12.9. The summed E-state index contributed by atoms with van der Waals surface area (Å²) < 4.78 is 11.0. The minimum Gasteiger partial charge on any atom is -0.459 e. The van der Waals surface area contributed by atoms with E-state index in [2.05, 4.69) is 5.32 Å². The summed E-state index contributed by atoms with van der Waals surface area (Å²) in [5, 5.41) is 12.8. The number of carbonyl (C=O) groups is 2. The van der Waals surface area contributed by atoms with E-state index in [0.717, 1.165) is 5.56 Å². The lowest BCUT2D eigenvalue weighted by Gasteiger charge is -2.35. The number of carbonyl (C=O) groups excluding carboxylic acids is 2. The number of nitrogens with zero attached hydrogens (tertiary/aromatic N) is 1. The lowest BCUT2D eigenvalue weighted by molar-refractivity contribution is -0.161. The first kappa shape index (κ1) is 24.2. The highest BCUT2D eigenvalue weighted by Crippen LogP contribution is 2.30. The van der Waals surface area contributed by atoms with Crippen molar-refractivity contribution in [1.29, 1.82) is 0 Å². The number of hydrogen-bond acceptors (Lipinski definition) is 6. The summed E-state index contributed by atoms with van der Waals surface area (Å²) in [6.45, 7) is 11.2. The molecule has 3 atom stereocenters. The van der Waals surface area contributed by atoms with Crippen LogP contribution in [0.4, 0.5) is 4.79 Å². The summed E-state index contributed by atoms with van der Waals surface area (Å²) in [6, 6.07) is 8.61. The maximum absolute atomic E-state index is 12.9. The van der Waals surface area contributed by atoms with Crippen LogP contribution in [0.3, 0.4) is 0 Å². The van der Waals surface area contributed by atoms with E-state index in [1.165, 1.54) is 0 Å². The minimum atomic E-state index is -0.636. The Morgan fingerprint density at radius 2 is 1.67 bits per heavy atom. The molecule has 2 N–H and O–H groups in total. The number of esters is 1. The van der Waals surface area contributed by atoms with Gasteiger partial charge < -0.3 is 19.9 Å². The minimum absolute atomic E-state index is 0.222. The van der Waals surface area contributed by atoms with Crippen LogP contribution in [0.5, 0.6) is 0 Å². The molecule has 30 heavy (non-hydrogen) atoms. The third-order valence-electron chi connectivity index (χ3n) is 4.81. The van der Waals surface area contributed by atoms with Crippen LogP contribution in [0.25, 0.3) is 0 Å². The second-order valence-corrected chi connectivity index (χ2v) is 9.79. The van der Waals surface area contributed by atoms with Gasteiger partial charge in [-0.15, -0.1) is 0 Å². The smallest absolute Gasteiger partial charge is 0.408 e. The number of ether oxygens (including phenoxy) is 2. The zero-order valence-electron chi connectivity index (χ0n) is 19.0. The predicted octanol–water partition coefficient (Wildman–Crippen LogP) is 3.25. The van der Waals surface area contributed by atoms with Crippen molar-refractivity contribution in [3.63, 3.8) is 0 Å². The van der Waals surface area contributed by atoms with E-state index >= 15 is 0 Å². The van der Waals surface area contributed by atoms with Crippen molar-refractivity contribution in [3.8, 4) is 0 Å². The van der Waals surface area contributed by atoms with E-state index in [9.17, 15) is 14.7 Å². The Bertz CT molecular complexity index is 709. The molecule has 0 radical (unpaired) electrons. The molecule has 1 aromatic carbocycles. The van der Waals surface area contributed by atoms with Crippen LogP contribution in [0.1, 0.15) is 59.9 Å². The van der Waals surface area contributed by atoms with E-state index in [1.807, 2.05) is 56.0 Å². The van der Waals surface area contributed by atoms with Crippen LogP contribution in [0.15, 0.2) is 30.3 Å². The van der Waals surface area contributed by atoms with Gasteiger partial charge in [0.05, 0.1) is 12.6 Å². The molecule has 0 aliphatic carbocycles. The van der Waals surface area contributed by atoms with Gasteiger partial charge in [0.25, 0.3) is 0 Å². The molecular formula is C23H36N2O5. The first-order valence-electron chi connectivity index (χ1n) is 10.5. The van der Waals surface area contributed by atoms with Gasteiger partial charge in [0.2, 0.25) is 0 Å². The number of aliphatic hydroxyl groups excluding tert-OH is 1. The van der Waals surface area contributed by atoms with Gasteiger partial charge in [0.1, 0.15) is 17.2 Å². The fraction of sp³-hybridized carbons (Fsp3) is 0.652. The van der Waals surface area contributed by atoms with Crippen molar-refractivity contribution in [1.82, 2.24) is 10.2 Å². The molecule has 7 nitrogen and oxygen atoms in total. The highest BCUT2D eigenvalue weighted by Gasteiger charge is 2.43. The normalized spacial score (nSPS) is 21.2. The first-order chi connectivity index (χ1) is 13.9. The molecule has 1 saturated heterocycles. The van der Waals surface area contributed by atoms with Gasteiger partial charge in [-0.3, -0.25) is 9.69 Å². The van der Waals surface area contributed by atoms with Crippen LogP contribution in [0.2, 0.25) is 0 Å². The van der Waals surface area contributed by atoms with E-state index in [0.29, 0.717) is 19.4 Å². The van der Waals surface area contributed by atoms with Crippen LogP contribution in [0, 0.1) is 0 Å². The Morgan fingerprint density at radius 3 is 2.20 bits per heavy atom. The van der Waals surface area contributed by atoms with Gasteiger partial charge in [-0.05, 0) is 59.9 Å². The Balaban J connectivity index is 2.22. The van der Waals surface area contributed by atoms with E-state index in [-0.39, 0.29) is 18.6 Å². The summed E-state index contributed by atoms with van der Waals surface area (Å²) in [7, 11) is 0. The Hall–Kier alpha value is -2.12. The second kappa shape index (κ2) is 9.79.